The van der Waals surface area contributed by atoms with Crippen molar-refractivity contribution in [1.29, 1.82) is 5.26 Å². The normalized spacial score (nSPS) is 14.8. The first-order valence-corrected chi connectivity index (χ1v) is 5.78. The molecule has 0 bridgehead atoms. The number of carbonyl (C=O) groups excluding carboxylic acids is 1. The number of nitrogens with zero attached hydrogens (tertiary/aromatic N) is 2. The second-order valence-electron chi connectivity index (χ2n) is 4.40. The Balaban J connectivity index is 2.25. The minimum Gasteiger partial charge on any atom is -0.322 e. The lowest BCUT2D eigenvalue weighted by Gasteiger charge is -2.19. The zero-order valence-corrected chi connectivity index (χ0v) is 9.94. The highest BCUT2D eigenvalue weighted by atomic mass is 19.4. The molecule has 1 aliphatic carbocycles. The van der Waals surface area contributed by atoms with Crippen molar-refractivity contribution in [1.82, 2.24) is 4.90 Å². The van der Waals surface area contributed by atoms with E-state index in [0.29, 0.717) is 0 Å². The van der Waals surface area contributed by atoms with Crippen LogP contribution >= 0.6 is 0 Å². The Morgan fingerprint density at radius 1 is 1.42 bits per heavy atom. The monoisotopic (exact) mass is 268 g/mol. The van der Waals surface area contributed by atoms with Crippen LogP contribution in [-0.4, -0.2) is 23.4 Å². The van der Waals surface area contributed by atoms with E-state index in [9.17, 15) is 18.0 Å². The lowest BCUT2D eigenvalue weighted by Crippen LogP contribution is -2.33. The predicted molar refractivity (Wildman–Crippen MR) is 61.1 cm³/mol. The van der Waals surface area contributed by atoms with Gasteiger partial charge in [-0.25, -0.2) is 0 Å². The van der Waals surface area contributed by atoms with Crippen LogP contribution in [-0.2, 0) is 6.18 Å². The molecule has 1 fully saturated rings. The third-order valence-corrected chi connectivity index (χ3v) is 2.93. The number of amides is 1. The zero-order valence-electron chi connectivity index (χ0n) is 9.94. The Morgan fingerprint density at radius 3 is 2.63 bits per heavy atom. The van der Waals surface area contributed by atoms with Crippen LogP contribution in [0.15, 0.2) is 24.3 Å². The molecule has 0 atom stereocenters. The topological polar surface area (TPSA) is 44.1 Å². The van der Waals surface area contributed by atoms with Crippen molar-refractivity contribution in [3.63, 3.8) is 0 Å². The van der Waals surface area contributed by atoms with Crippen molar-refractivity contribution in [2.45, 2.75) is 25.1 Å². The van der Waals surface area contributed by atoms with Crippen molar-refractivity contribution in [3.05, 3.63) is 35.4 Å². The first kappa shape index (κ1) is 13.4. The fourth-order valence-corrected chi connectivity index (χ4v) is 1.82. The quantitative estimate of drug-likeness (QED) is 0.791. The highest BCUT2D eigenvalue weighted by Crippen LogP contribution is 2.31. The maximum atomic E-state index is 12.6. The summed E-state index contributed by atoms with van der Waals surface area (Å²) in [6, 6.07) is 6.14. The van der Waals surface area contributed by atoms with Crippen molar-refractivity contribution in [2.24, 2.45) is 0 Å². The number of benzene rings is 1. The molecule has 0 radical (unpaired) electrons. The van der Waals surface area contributed by atoms with Crippen LogP contribution in [0.1, 0.15) is 28.8 Å². The summed E-state index contributed by atoms with van der Waals surface area (Å²) in [4.78, 5) is 13.4. The highest BCUT2D eigenvalue weighted by Gasteiger charge is 2.35. The summed E-state index contributed by atoms with van der Waals surface area (Å²) < 4.78 is 37.7. The molecule has 100 valence electrons. The van der Waals surface area contributed by atoms with Gasteiger partial charge in [-0.2, -0.15) is 18.4 Å². The second-order valence-corrected chi connectivity index (χ2v) is 4.40. The van der Waals surface area contributed by atoms with E-state index in [1.807, 2.05) is 6.07 Å². The average Bonchev–Trinajstić information content (AvgIpc) is 3.18. The second kappa shape index (κ2) is 4.92. The summed E-state index contributed by atoms with van der Waals surface area (Å²) in [7, 11) is 0. The molecule has 1 aromatic rings. The van der Waals surface area contributed by atoms with E-state index in [-0.39, 0.29) is 18.2 Å². The van der Waals surface area contributed by atoms with Gasteiger partial charge in [0.15, 0.2) is 0 Å². The van der Waals surface area contributed by atoms with Crippen molar-refractivity contribution in [2.75, 3.05) is 6.54 Å². The van der Waals surface area contributed by atoms with E-state index in [1.54, 1.807) is 0 Å². The minimum atomic E-state index is -4.48. The smallest absolute Gasteiger partial charge is 0.322 e. The molecular formula is C13H11F3N2O. The number of carbonyl (C=O) groups is 1. The molecule has 1 amide bonds. The molecule has 0 spiro atoms. The van der Waals surface area contributed by atoms with Gasteiger partial charge in [-0.1, -0.05) is 6.07 Å². The van der Waals surface area contributed by atoms with E-state index in [0.717, 1.165) is 25.0 Å². The molecule has 3 nitrogen and oxygen atoms in total. The Bertz CT molecular complexity index is 529. The molecular weight excluding hydrogens is 257 g/mol. The molecule has 1 aliphatic rings. The molecule has 6 heteroatoms. The molecule has 0 unspecified atom stereocenters. The summed E-state index contributed by atoms with van der Waals surface area (Å²) >= 11 is 0. The van der Waals surface area contributed by atoms with Gasteiger partial charge in [0, 0.05) is 11.6 Å². The van der Waals surface area contributed by atoms with Crippen LogP contribution in [0.4, 0.5) is 13.2 Å². The maximum Gasteiger partial charge on any atom is 0.416 e. The van der Waals surface area contributed by atoms with Crippen molar-refractivity contribution < 1.29 is 18.0 Å². The van der Waals surface area contributed by atoms with Gasteiger partial charge in [0.05, 0.1) is 11.6 Å². The van der Waals surface area contributed by atoms with E-state index in [4.69, 9.17) is 5.26 Å². The van der Waals surface area contributed by atoms with Crippen LogP contribution in [0.25, 0.3) is 0 Å². The standard InChI is InChI=1S/C13H11F3N2O/c14-13(15,16)10-3-1-2-9(8-10)12(19)18(7-6-17)11-4-5-11/h1-3,8,11H,4-5,7H2. The molecule has 19 heavy (non-hydrogen) atoms. The summed E-state index contributed by atoms with van der Waals surface area (Å²) in [5.41, 5.74) is -0.886. The number of halogens is 3. The molecule has 0 saturated heterocycles. The van der Waals surface area contributed by atoms with Gasteiger partial charge < -0.3 is 4.90 Å². The third-order valence-electron chi connectivity index (χ3n) is 2.93. The van der Waals surface area contributed by atoms with Gasteiger partial charge in [0.1, 0.15) is 6.54 Å². The summed E-state index contributed by atoms with van der Waals surface area (Å²) in [5, 5.41) is 8.67. The van der Waals surface area contributed by atoms with E-state index >= 15 is 0 Å². The lowest BCUT2D eigenvalue weighted by atomic mass is 10.1. The molecule has 2 rings (SSSR count). The number of rotatable bonds is 3. The minimum absolute atomic E-state index is 0.0123. The van der Waals surface area contributed by atoms with Gasteiger partial charge >= 0.3 is 6.18 Å². The van der Waals surface area contributed by atoms with E-state index < -0.39 is 17.6 Å². The van der Waals surface area contributed by atoms with Crippen molar-refractivity contribution >= 4 is 5.91 Å². The Kier molecular flexibility index (Phi) is 3.47. The Morgan fingerprint density at radius 2 is 2.11 bits per heavy atom. The molecule has 1 saturated carbocycles. The van der Waals surface area contributed by atoms with Crippen molar-refractivity contribution in [3.8, 4) is 6.07 Å². The van der Waals surface area contributed by atoms with Gasteiger partial charge in [0.2, 0.25) is 0 Å². The summed E-state index contributed by atoms with van der Waals surface area (Å²) in [6.45, 7) is -0.0975. The number of nitriles is 1. The fourth-order valence-electron chi connectivity index (χ4n) is 1.82. The Hall–Kier alpha value is -2.03. The van der Waals surface area contributed by atoms with E-state index in [1.165, 1.54) is 17.0 Å². The maximum absolute atomic E-state index is 12.6. The summed E-state index contributed by atoms with van der Waals surface area (Å²) in [5.74, 6) is -0.518. The average molecular weight is 268 g/mol. The lowest BCUT2D eigenvalue weighted by molar-refractivity contribution is -0.137. The first-order valence-electron chi connectivity index (χ1n) is 5.78. The SMILES string of the molecule is N#CCN(C(=O)c1cccc(C(F)(F)F)c1)C1CC1. The predicted octanol–water partition coefficient (Wildman–Crippen LogP) is 2.83. The number of hydrogen-bond donors (Lipinski definition) is 0. The molecule has 0 aromatic heterocycles. The van der Waals surface area contributed by atoms with Crippen LogP contribution in [0, 0.1) is 11.3 Å². The first-order chi connectivity index (χ1) is 8.93. The molecule has 1 aromatic carbocycles. The zero-order chi connectivity index (χ0) is 14.0. The van der Waals surface area contributed by atoms with Crippen LogP contribution in [0.2, 0.25) is 0 Å². The van der Waals surface area contributed by atoms with Gasteiger partial charge in [-0.3, -0.25) is 4.79 Å². The number of alkyl halides is 3. The number of hydrogen-bond acceptors (Lipinski definition) is 2. The van der Waals surface area contributed by atoms with Gasteiger partial charge in [-0.05, 0) is 31.0 Å². The summed E-state index contributed by atoms with van der Waals surface area (Å²) in [6.07, 6.45) is -2.88. The highest BCUT2D eigenvalue weighted by molar-refractivity contribution is 5.95. The third kappa shape index (κ3) is 3.05. The Labute approximate surface area is 108 Å². The van der Waals surface area contributed by atoms with Crippen LogP contribution < -0.4 is 0 Å². The fraction of sp³-hybridized carbons (Fsp3) is 0.385. The molecule has 0 N–H and O–H groups in total. The van der Waals surface area contributed by atoms with Crippen LogP contribution in [0.5, 0.6) is 0 Å². The van der Waals surface area contributed by atoms with Gasteiger partial charge in [-0.15, -0.1) is 0 Å². The molecule has 0 aliphatic heterocycles. The van der Waals surface area contributed by atoms with Gasteiger partial charge in [0.25, 0.3) is 5.91 Å². The largest absolute Gasteiger partial charge is 0.416 e. The van der Waals surface area contributed by atoms with E-state index in [2.05, 4.69) is 0 Å². The molecule has 0 heterocycles. The van der Waals surface area contributed by atoms with Crippen LogP contribution in [0.3, 0.4) is 0 Å².